The summed E-state index contributed by atoms with van der Waals surface area (Å²) in [5.41, 5.74) is -0.164. The lowest BCUT2D eigenvalue weighted by Gasteiger charge is -2.22. The van der Waals surface area contributed by atoms with Gasteiger partial charge in [0.2, 0.25) is 0 Å². The molecule has 0 saturated carbocycles. The van der Waals surface area contributed by atoms with Gasteiger partial charge in [0.1, 0.15) is 0 Å². The van der Waals surface area contributed by atoms with Crippen molar-refractivity contribution in [2.45, 2.75) is 32.8 Å². The van der Waals surface area contributed by atoms with E-state index in [1.54, 1.807) is 0 Å². The molecule has 0 fully saturated rings. The topological polar surface area (TPSA) is 46.5 Å². The Morgan fingerprint density at radius 2 is 2.17 bits per heavy atom. The Kier molecular flexibility index (Phi) is 4.59. The summed E-state index contributed by atoms with van der Waals surface area (Å²) < 4.78 is 5.38. The van der Waals surface area contributed by atoms with Crippen LogP contribution in [0.2, 0.25) is 0 Å². The number of ether oxygens (including phenoxy) is 1. The van der Waals surface area contributed by atoms with Gasteiger partial charge in [-0.2, -0.15) is 0 Å². The van der Waals surface area contributed by atoms with Crippen molar-refractivity contribution in [1.82, 2.24) is 0 Å². The molecule has 0 aromatic heterocycles. The van der Waals surface area contributed by atoms with E-state index in [-0.39, 0.29) is 5.60 Å². The normalized spacial score (nSPS) is 12.2. The minimum absolute atomic E-state index is 0.164. The van der Waals surface area contributed by atoms with Crippen molar-refractivity contribution in [3.63, 3.8) is 0 Å². The third-order valence-corrected chi connectivity index (χ3v) is 1.68. The summed E-state index contributed by atoms with van der Waals surface area (Å²) >= 11 is 0. The second kappa shape index (κ2) is 4.93. The third kappa shape index (κ3) is 5.92. The van der Waals surface area contributed by atoms with Crippen LogP contribution in [0.3, 0.4) is 0 Å². The van der Waals surface area contributed by atoms with Crippen molar-refractivity contribution in [2.75, 3.05) is 6.61 Å². The van der Waals surface area contributed by atoms with Crippen LogP contribution < -0.4 is 0 Å². The van der Waals surface area contributed by atoms with Gasteiger partial charge in [-0.05, 0) is 20.3 Å². The third-order valence-electron chi connectivity index (χ3n) is 1.68. The van der Waals surface area contributed by atoms with E-state index >= 15 is 0 Å². The molecule has 0 spiro atoms. The zero-order valence-electron chi connectivity index (χ0n) is 7.83. The smallest absolute Gasteiger partial charge is 0.328 e. The van der Waals surface area contributed by atoms with E-state index < -0.39 is 5.97 Å². The number of carboxylic acids is 1. The lowest BCUT2D eigenvalue weighted by atomic mass is 10.1. The van der Waals surface area contributed by atoms with Crippen LogP contribution in [0.5, 0.6) is 0 Å². The van der Waals surface area contributed by atoms with Crippen LogP contribution in [-0.2, 0) is 9.53 Å². The number of aliphatic carboxylic acids is 1. The molecule has 3 nitrogen and oxygen atoms in total. The Labute approximate surface area is 73.0 Å². The van der Waals surface area contributed by atoms with Crippen LogP contribution >= 0.6 is 0 Å². The summed E-state index contributed by atoms with van der Waals surface area (Å²) in [6.07, 6.45) is 3.50. The van der Waals surface area contributed by atoms with Crippen molar-refractivity contribution in [3.05, 3.63) is 12.2 Å². The molecule has 70 valence electrons. The molecule has 0 unspecified atom stereocenters. The summed E-state index contributed by atoms with van der Waals surface area (Å²) in [4.78, 5) is 10.1. The largest absolute Gasteiger partial charge is 0.478 e. The molecule has 0 radical (unpaired) electrons. The van der Waals surface area contributed by atoms with Crippen LogP contribution in [0.25, 0.3) is 0 Å². The summed E-state index contributed by atoms with van der Waals surface area (Å²) in [6, 6.07) is 0. The molecule has 1 N–H and O–H groups in total. The zero-order chi connectivity index (χ0) is 9.61. The Hall–Kier alpha value is -0.830. The second-order valence-corrected chi connectivity index (χ2v) is 3.16. The average molecular weight is 172 g/mol. The average Bonchev–Trinajstić information content (AvgIpc) is 1.98. The standard InChI is InChI=1S/C9H16O3/c1-4-9(2,3)12-7-5-6-8(10)11/h5-6H,4,7H2,1-3H3,(H,10,11)/b6-5+. The molecule has 3 heteroatoms. The van der Waals surface area contributed by atoms with Crippen molar-refractivity contribution in [3.8, 4) is 0 Å². The predicted octanol–water partition coefficient (Wildman–Crippen LogP) is 1.83. The Morgan fingerprint density at radius 3 is 2.58 bits per heavy atom. The molecule has 0 atom stereocenters. The molecule has 0 aromatic carbocycles. The fraction of sp³-hybridized carbons (Fsp3) is 0.667. The molecule has 12 heavy (non-hydrogen) atoms. The van der Waals surface area contributed by atoms with Gasteiger partial charge in [-0.15, -0.1) is 0 Å². The van der Waals surface area contributed by atoms with Gasteiger partial charge in [-0.3, -0.25) is 0 Å². The van der Waals surface area contributed by atoms with Crippen LogP contribution in [0.4, 0.5) is 0 Å². The Balaban J connectivity index is 3.63. The summed E-state index contributed by atoms with van der Waals surface area (Å²) in [5, 5.41) is 8.26. The minimum Gasteiger partial charge on any atom is -0.478 e. The van der Waals surface area contributed by atoms with Crippen molar-refractivity contribution in [2.24, 2.45) is 0 Å². The molecule has 0 amide bonds. The van der Waals surface area contributed by atoms with E-state index in [9.17, 15) is 4.79 Å². The van der Waals surface area contributed by atoms with Crippen LogP contribution in [0.15, 0.2) is 12.2 Å². The monoisotopic (exact) mass is 172 g/mol. The van der Waals surface area contributed by atoms with Gasteiger partial charge in [0.05, 0.1) is 12.2 Å². The fourth-order valence-corrected chi connectivity index (χ4v) is 0.525. The van der Waals surface area contributed by atoms with E-state index in [0.717, 1.165) is 12.5 Å². The zero-order valence-corrected chi connectivity index (χ0v) is 7.83. The first-order chi connectivity index (χ1) is 5.48. The van der Waals surface area contributed by atoms with Crippen molar-refractivity contribution in [1.29, 1.82) is 0 Å². The molecule has 0 saturated heterocycles. The van der Waals surface area contributed by atoms with Gasteiger partial charge >= 0.3 is 5.97 Å². The SMILES string of the molecule is CCC(C)(C)OC/C=C/C(=O)O. The molecule has 0 bridgehead atoms. The van der Waals surface area contributed by atoms with Gasteiger partial charge < -0.3 is 9.84 Å². The summed E-state index contributed by atoms with van der Waals surface area (Å²) in [5.74, 6) is -0.937. The second-order valence-electron chi connectivity index (χ2n) is 3.16. The fourth-order valence-electron chi connectivity index (χ4n) is 0.525. The molecule has 0 rings (SSSR count). The van der Waals surface area contributed by atoms with Gasteiger partial charge in [0.25, 0.3) is 0 Å². The number of rotatable bonds is 5. The van der Waals surface area contributed by atoms with E-state index in [4.69, 9.17) is 9.84 Å². The first-order valence-electron chi connectivity index (χ1n) is 4.01. The molecule has 0 aliphatic heterocycles. The van der Waals surface area contributed by atoms with Crippen LogP contribution in [-0.4, -0.2) is 23.3 Å². The van der Waals surface area contributed by atoms with Gasteiger partial charge in [0, 0.05) is 6.08 Å². The molecule has 0 aliphatic rings. The lowest BCUT2D eigenvalue weighted by molar-refractivity contribution is -0.131. The van der Waals surface area contributed by atoms with Gasteiger partial charge in [0.15, 0.2) is 0 Å². The maximum Gasteiger partial charge on any atom is 0.328 e. The molecular formula is C9H16O3. The summed E-state index contributed by atoms with van der Waals surface area (Å²) in [7, 11) is 0. The highest BCUT2D eigenvalue weighted by molar-refractivity contribution is 5.79. The number of carboxylic acid groups (broad SMARTS) is 1. The van der Waals surface area contributed by atoms with E-state index in [0.29, 0.717) is 6.61 Å². The Morgan fingerprint density at radius 1 is 1.58 bits per heavy atom. The number of hydrogen-bond donors (Lipinski definition) is 1. The highest BCUT2D eigenvalue weighted by Crippen LogP contribution is 2.12. The van der Waals surface area contributed by atoms with Crippen molar-refractivity contribution >= 4 is 5.97 Å². The van der Waals surface area contributed by atoms with E-state index in [1.807, 2.05) is 20.8 Å². The van der Waals surface area contributed by atoms with Crippen molar-refractivity contribution < 1.29 is 14.6 Å². The highest BCUT2D eigenvalue weighted by atomic mass is 16.5. The van der Waals surface area contributed by atoms with Gasteiger partial charge in [-0.25, -0.2) is 4.79 Å². The van der Waals surface area contributed by atoms with Crippen LogP contribution in [0.1, 0.15) is 27.2 Å². The lowest BCUT2D eigenvalue weighted by Crippen LogP contribution is -2.22. The Bertz CT molecular complexity index is 171. The van der Waals surface area contributed by atoms with E-state index in [1.165, 1.54) is 6.08 Å². The maximum absolute atomic E-state index is 10.1. The first-order valence-corrected chi connectivity index (χ1v) is 4.01. The summed E-state index contributed by atoms with van der Waals surface area (Å²) in [6.45, 7) is 6.33. The quantitative estimate of drug-likeness (QED) is 0.643. The maximum atomic E-state index is 10.1. The minimum atomic E-state index is -0.937. The molecular weight excluding hydrogens is 156 g/mol. The first kappa shape index (κ1) is 11.2. The van der Waals surface area contributed by atoms with Gasteiger partial charge in [-0.1, -0.05) is 13.0 Å². The molecule has 0 aliphatic carbocycles. The molecule has 0 heterocycles. The predicted molar refractivity (Wildman–Crippen MR) is 47.1 cm³/mol. The highest BCUT2D eigenvalue weighted by Gasteiger charge is 2.13. The number of hydrogen-bond acceptors (Lipinski definition) is 2. The number of carbonyl (C=O) groups is 1. The van der Waals surface area contributed by atoms with E-state index in [2.05, 4.69) is 0 Å². The van der Waals surface area contributed by atoms with Crippen LogP contribution in [0, 0.1) is 0 Å². The molecule has 0 aromatic rings.